The molecule has 0 saturated heterocycles. The minimum Gasteiger partial charge on any atom is -0.494 e. The Morgan fingerprint density at radius 1 is 1.19 bits per heavy atom. The van der Waals surface area contributed by atoms with Crippen molar-refractivity contribution in [2.24, 2.45) is 0 Å². The van der Waals surface area contributed by atoms with Gasteiger partial charge in [0, 0.05) is 11.6 Å². The Hall–Kier alpha value is -2.77. The first kappa shape index (κ1) is 19.6. The van der Waals surface area contributed by atoms with E-state index in [1.54, 1.807) is 18.2 Å². The Labute approximate surface area is 159 Å². The van der Waals surface area contributed by atoms with Crippen molar-refractivity contribution >= 4 is 23.6 Å². The number of hydrogen-bond acceptors (Lipinski definition) is 3. The van der Waals surface area contributed by atoms with Crippen LogP contribution in [-0.4, -0.2) is 12.5 Å². The van der Waals surface area contributed by atoms with Gasteiger partial charge < -0.3 is 10.1 Å². The standard InChI is InChI=1S/C21H21ClN2O2/c1-2-3-12-26-20-10-6-16(7-11-20)13-18(14-23)21(25)24-15-17-4-8-19(22)9-5-17/h4-11,13H,2-3,12,15H2,1H3,(H,24,25)/b18-13+. The van der Waals surface area contributed by atoms with E-state index in [0.717, 1.165) is 29.7 Å². The molecule has 0 bridgehead atoms. The highest BCUT2D eigenvalue weighted by atomic mass is 35.5. The van der Waals surface area contributed by atoms with Gasteiger partial charge in [0.1, 0.15) is 17.4 Å². The van der Waals surface area contributed by atoms with E-state index in [9.17, 15) is 10.1 Å². The average molecular weight is 369 g/mol. The second kappa shape index (κ2) is 10.3. The van der Waals surface area contributed by atoms with E-state index in [4.69, 9.17) is 16.3 Å². The SMILES string of the molecule is CCCCOc1ccc(/C=C(\C#N)C(=O)NCc2ccc(Cl)cc2)cc1. The molecule has 1 amide bonds. The van der Waals surface area contributed by atoms with Crippen molar-refractivity contribution in [3.63, 3.8) is 0 Å². The summed E-state index contributed by atoms with van der Waals surface area (Å²) in [4.78, 5) is 12.2. The summed E-state index contributed by atoms with van der Waals surface area (Å²) < 4.78 is 5.60. The number of unbranched alkanes of at least 4 members (excludes halogenated alkanes) is 1. The van der Waals surface area contributed by atoms with E-state index in [-0.39, 0.29) is 5.57 Å². The monoisotopic (exact) mass is 368 g/mol. The number of rotatable bonds is 8. The molecule has 0 spiro atoms. The molecule has 1 N–H and O–H groups in total. The Morgan fingerprint density at radius 3 is 2.50 bits per heavy atom. The lowest BCUT2D eigenvalue weighted by Gasteiger charge is -2.06. The van der Waals surface area contributed by atoms with Crippen molar-refractivity contribution in [3.8, 4) is 11.8 Å². The number of amides is 1. The lowest BCUT2D eigenvalue weighted by molar-refractivity contribution is -0.117. The average Bonchev–Trinajstić information content (AvgIpc) is 2.67. The molecule has 0 saturated carbocycles. The summed E-state index contributed by atoms with van der Waals surface area (Å²) in [6.45, 7) is 3.13. The van der Waals surface area contributed by atoms with Crippen LogP contribution >= 0.6 is 11.6 Å². The molecule has 0 unspecified atom stereocenters. The van der Waals surface area contributed by atoms with Crippen LogP contribution in [0.3, 0.4) is 0 Å². The summed E-state index contributed by atoms with van der Waals surface area (Å²) in [6.07, 6.45) is 3.65. The van der Waals surface area contributed by atoms with Gasteiger partial charge in [0.2, 0.25) is 0 Å². The highest BCUT2D eigenvalue weighted by molar-refractivity contribution is 6.30. The fourth-order valence-corrected chi connectivity index (χ4v) is 2.32. The lowest BCUT2D eigenvalue weighted by atomic mass is 10.1. The van der Waals surface area contributed by atoms with Crippen LogP contribution in [0, 0.1) is 11.3 Å². The molecular weight excluding hydrogens is 348 g/mol. The summed E-state index contributed by atoms with van der Waals surface area (Å²) in [7, 11) is 0. The van der Waals surface area contributed by atoms with Crippen LogP contribution < -0.4 is 10.1 Å². The predicted octanol–water partition coefficient (Wildman–Crippen LogP) is 4.74. The molecule has 26 heavy (non-hydrogen) atoms. The number of ether oxygens (including phenoxy) is 1. The van der Waals surface area contributed by atoms with Crippen molar-refractivity contribution < 1.29 is 9.53 Å². The second-order valence-corrected chi connectivity index (χ2v) is 6.19. The molecule has 0 radical (unpaired) electrons. The smallest absolute Gasteiger partial charge is 0.262 e. The first-order valence-corrected chi connectivity index (χ1v) is 8.87. The summed E-state index contributed by atoms with van der Waals surface area (Å²) in [5, 5.41) is 12.6. The Morgan fingerprint density at radius 2 is 1.88 bits per heavy atom. The van der Waals surface area contributed by atoms with E-state index in [1.807, 2.05) is 42.5 Å². The second-order valence-electron chi connectivity index (χ2n) is 5.75. The van der Waals surface area contributed by atoms with Crippen LogP contribution in [0.25, 0.3) is 6.08 Å². The van der Waals surface area contributed by atoms with Crippen LogP contribution in [0.1, 0.15) is 30.9 Å². The van der Waals surface area contributed by atoms with E-state index >= 15 is 0 Å². The third-order valence-corrected chi connectivity index (χ3v) is 3.94. The number of halogens is 1. The van der Waals surface area contributed by atoms with Crippen LogP contribution in [0.5, 0.6) is 5.75 Å². The maximum atomic E-state index is 12.2. The zero-order chi connectivity index (χ0) is 18.8. The Bertz CT molecular complexity index is 790. The number of nitrogens with one attached hydrogen (secondary N) is 1. The molecule has 5 heteroatoms. The number of nitriles is 1. The molecule has 2 aromatic rings. The van der Waals surface area contributed by atoms with Crippen molar-refractivity contribution in [2.75, 3.05) is 6.61 Å². The molecular formula is C21H21ClN2O2. The van der Waals surface area contributed by atoms with E-state index < -0.39 is 5.91 Å². The van der Waals surface area contributed by atoms with Gasteiger partial charge >= 0.3 is 0 Å². The highest BCUT2D eigenvalue weighted by Crippen LogP contribution is 2.15. The molecule has 134 valence electrons. The fraction of sp³-hybridized carbons (Fsp3) is 0.238. The third kappa shape index (κ3) is 6.27. The number of carbonyl (C=O) groups is 1. The van der Waals surface area contributed by atoms with Crippen LogP contribution in [0.4, 0.5) is 0 Å². The van der Waals surface area contributed by atoms with E-state index in [1.165, 1.54) is 0 Å². The molecule has 0 fully saturated rings. The molecule has 0 atom stereocenters. The topological polar surface area (TPSA) is 62.1 Å². The highest BCUT2D eigenvalue weighted by Gasteiger charge is 2.09. The zero-order valence-electron chi connectivity index (χ0n) is 14.7. The van der Waals surface area contributed by atoms with Gasteiger partial charge in [0.15, 0.2) is 0 Å². The summed E-state index contributed by atoms with van der Waals surface area (Å²) in [6, 6.07) is 16.4. The largest absolute Gasteiger partial charge is 0.494 e. The van der Waals surface area contributed by atoms with Crippen molar-refractivity contribution in [1.82, 2.24) is 5.32 Å². The maximum absolute atomic E-state index is 12.2. The van der Waals surface area contributed by atoms with Gasteiger partial charge in [0.05, 0.1) is 6.61 Å². The molecule has 0 aliphatic heterocycles. The van der Waals surface area contributed by atoms with Crippen LogP contribution in [0.15, 0.2) is 54.1 Å². The third-order valence-electron chi connectivity index (χ3n) is 3.69. The molecule has 2 rings (SSSR count). The fourth-order valence-electron chi connectivity index (χ4n) is 2.19. The number of benzene rings is 2. The minimum atomic E-state index is -0.411. The predicted molar refractivity (Wildman–Crippen MR) is 104 cm³/mol. The number of hydrogen-bond donors (Lipinski definition) is 1. The van der Waals surface area contributed by atoms with Gasteiger partial charge in [-0.25, -0.2) is 0 Å². The Kier molecular flexibility index (Phi) is 7.73. The zero-order valence-corrected chi connectivity index (χ0v) is 15.4. The molecule has 0 aromatic heterocycles. The van der Waals surface area contributed by atoms with Crippen molar-refractivity contribution in [1.29, 1.82) is 5.26 Å². The number of carbonyl (C=O) groups excluding carboxylic acids is 1. The minimum absolute atomic E-state index is 0.0543. The quantitative estimate of drug-likeness (QED) is 0.415. The molecule has 0 aliphatic rings. The summed E-state index contributed by atoms with van der Waals surface area (Å²) in [5.41, 5.74) is 1.73. The van der Waals surface area contributed by atoms with Gasteiger partial charge in [-0.1, -0.05) is 49.2 Å². The van der Waals surface area contributed by atoms with Crippen molar-refractivity contribution in [2.45, 2.75) is 26.3 Å². The van der Waals surface area contributed by atoms with Gasteiger partial charge in [-0.15, -0.1) is 0 Å². The Balaban J connectivity index is 1.96. The van der Waals surface area contributed by atoms with Crippen LogP contribution in [-0.2, 0) is 11.3 Å². The molecule has 0 aliphatic carbocycles. The summed E-state index contributed by atoms with van der Waals surface area (Å²) >= 11 is 5.84. The van der Waals surface area contributed by atoms with Crippen molar-refractivity contribution in [3.05, 3.63) is 70.3 Å². The molecule has 2 aromatic carbocycles. The number of nitrogens with zero attached hydrogens (tertiary/aromatic N) is 1. The normalized spacial score (nSPS) is 10.9. The van der Waals surface area contributed by atoms with E-state index in [0.29, 0.717) is 18.2 Å². The molecule has 4 nitrogen and oxygen atoms in total. The van der Waals surface area contributed by atoms with E-state index in [2.05, 4.69) is 12.2 Å². The first-order valence-electron chi connectivity index (χ1n) is 8.49. The lowest BCUT2D eigenvalue weighted by Crippen LogP contribution is -2.23. The molecule has 0 heterocycles. The van der Waals surface area contributed by atoms with Gasteiger partial charge in [-0.3, -0.25) is 4.79 Å². The van der Waals surface area contributed by atoms with Crippen LogP contribution in [0.2, 0.25) is 5.02 Å². The van der Waals surface area contributed by atoms with Gasteiger partial charge in [0.25, 0.3) is 5.91 Å². The first-order chi connectivity index (χ1) is 12.6. The van der Waals surface area contributed by atoms with Gasteiger partial charge in [-0.05, 0) is 47.9 Å². The summed E-state index contributed by atoms with van der Waals surface area (Å²) in [5.74, 6) is 0.368. The maximum Gasteiger partial charge on any atom is 0.262 e. The van der Waals surface area contributed by atoms with Gasteiger partial charge in [-0.2, -0.15) is 5.26 Å².